The number of nitrogens with one attached hydrogen (secondary N) is 1. The Morgan fingerprint density at radius 1 is 1.24 bits per heavy atom. The summed E-state index contributed by atoms with van der Waals surface area (Å²) in [6, 6.07) is 8.01. The number of aromatic nitrogens is 2. The van der Waals surface area contributed by atoms with Crippen molar-refractivity contribution in [3.8, 4) is 23.0 Å². The van der Waals surface area contributed by atoms with E-state index < -0.39 is 0 Å². The van der Waals surface area contributed by atoms with Crippen LogP contribution in [-0.2, 0) is 6.42 Å². The van der Waals surface area contributed by atoms with Gasteiger partial charge in [0.2, 0.25) is 5.82 Å². The van der Waals surface area contributed by atoms with Crippen molar-refractivity contribution in [2.24, 2.45) is 0 Å². The van der Waals surface area contributed by atoms with Gasteiger partial charge in [-0.2, -0.15) is 4.98 Å². The van der Waals surface area contributed by atoms with Gasteiger partial charge in [-0.05, 0) is 49.1 Å². The van der Waals surface area contributed by atoms with E-state index in [1.54, 1.807) is 6.26 Å². The van der Waals surface area contributed by atoms with Gasteiger partial charge in [-0.25, -0.2) is 0 Å². The van der Waals surface area contributed by atoms with E-state index in [4.69, 9.17) is 8.94 Å². The number of aryl methyl sites for hydroxylation is 1. The Kier molecular flexibility index (Phi) is 2.77. The van der Waals surface area contributed by atoms with Crippen LogP contribution in [0.1, 0.15) is 17.5 Å². The van der Waals surface area contributed by atoms with Crippen molar-refractivity contribution in [2.75, 3.05) is 11.9 Å². The van der Waals surface area contributed by atoms with Gasteiger partial charge in [-0.15, -0.1) is 0 Å². The lowest BCUT2D eigenvalue weighted by Crippen LogP contribution is -2.12. The number of rotatable bonds is 2. The molecule has 1 aliphatic heterocycles. The molecule has 1 N–H and O–H groups in total. The normalized spacial score (nSPS) is 13.8. The molecule has 0 atom stereocenters. The van der Waals surface area contributed by atoms with E-state index in [9.17, 15) is 0 Å². The van der Waals surface area contributed by atoms with Gasteiger partial charge in [0.05, 0.1) is 6.26 Å². The molecule has 0 spiro atoms. The van der Waals surface area contributed by atoms with Crippen molar-refractivity contribution in [2.45, 2.75) is 19.8 Å². The number of fused-ring (bicyclic) bond motifs is 1. The lowest BCUT2D eigenvalue weighted by atomic mass is 9.97. The maximum absolute atomic E-state index is 5.45. The van der Waals surface area contributed by atoms with E-state index in [-0.39, 0.29) is 0 Å². The highest BCUT2D eigenvalue weighted by molar-refractivity contribution is 5.70. The highest BCUT2D eigenvalue weighted by Crippen LogP contribution is 2.33. The van der Waals surface area contributed by atoms with Crippen molar-refractivity contribution >= 4 is 5.69 Å². The predicted octanol–water partition coefficient (Wildman–Crippen LogP) is 3.66. The van der Waals surface area contributed by atoms with E-state index in [2.05, 4.69) is 21.5 Å². The molecule has 4 rings (SSSR count). The van der Waals surface area contributed by atoms with Crippen LogP contribution in [0.15, 0.2) is 39.5 Å². The fourth-order valence-electron chi connectivity index (χ4n) is 2.74. The Hall–Kier alpha value is -2.56. The van der Waals surface area contributed by atoms with Crippen LogP contribution in [0.25, 0.3) is 23.0 Å². The van der Waals surface area contributed by atoms with E-state index in [1.165, 1.54) is 5.56 Å². The Labute approximate surface area is 122 Å². The number of hydrogen-bond acceptors (Lipinski definition) is 5. The molecule has 0 radical (unpaired) electrons. The third-order valence-electron chi connectivity index (χ3n) is 3.82. The van der Waals surface area contributed by atoms with Crippen LogP contribution < -0.4 is 5.32 Å². The average Bonchev–Trinajstić information content (AvgIpc) is 3.15. The lowest BCUT2D eigenvalue weighted by molar-refractivity contribution is 0.429. The van der Waals surface area contributed by atoms with Crippen LogP contribution in [0.5, 0.6) is 0 Å². The minimum atomic E-state index is 0.494. The minimum absolute atomic E-state index is 0.494. The van der Waals surface area contributed by atoms with E-state index in [0.717, 1.165) is 36.2 Å². The Balaban J connectivity index is 1.78. The molecule has 106 valence electrons. The van der Waals surface area contributed by atoms with Crippen molar-refractivity contribution < 1.29 is 8.94 Å². The van der Waals surface area contributed by atoms with Crippen LogP contribution in [0.3, 0.4) is 0 Å². The van der Waals surface area contributed by atoms with Crippen LogP contribution in [0, 0.1) is 6.92 Å². The highest BCUT2D eigenvalue weighted by atomic mass is 16.5. The monoisotopic (exact) mass is 281 g/mol. The van der Waals surface area contributed by atoms with Crippen molar-refractivity contribution in [1.82, 2.24) is 10.1 Å². The molecule has 3 aromatic rings. The maximum Gasteiger partial charge on any atom is 0.258 e. The molecular weight excluding hydrogens is 266 g/mol. The van der Waals surface area contributed by atoms with Gasteiger partial charge < -0.3 is 14.3 Å². The Bertz CT molecular complexity index is 788. The second kappa shape index (κ2) is 4.77. The number of nitrogens with zero attached hydrogens (tertiary/aromatic N) is 2. The molecule has 0 amide bonds. The minimum Gasteiger partial charge on any atom is -0.461 e. The Morgan fingerprint density at radius 2 is 2.19 bits per heavy atom. The summed E-state index contributed by atoms with van der Waals surface area (Å²) in [5.74, 6) is 1.70. The lowest BCUT2D eigenvalue weighted by Gasteiger charge is -2.19. The summed E-state index contributed by atoms with van der Waals surface area (Å²) in [7, 11) is 0. The van der Waals surface area contributed by atoms with E-state index >= 15 is 0 Å². The second-order valence-corrected chi connectivity index (χ2v) is 5.22. The van der Waals surface area contributed by atoms with Gasteiger partial charge >= 0.3 is 0 Å². The fourth-order valence-corrected chi connectivity index (χ4v) is 2.74. The Morgan fingerprint density at radius 3 is 3.05 bits per heavy atom. The molecule has 0 saturated carbocycles. The molecular formula is C16H15N3O2. The first kappa shape index (κ1) is 12.2. The predicted molar refractivity (Wildman–Crippen MR) is 79.0 cm³/mol. The first-order chi connectivity index (χ1) is 10.3. The molecule has 0 unspecified atom stereocenters. The van der Waals surface area contributed by atoms with Crippen molar-refractivity contribution in [1.29, 1.82) is 0 Å². The quantitative estimate of drug-likeness (QED) is 0.776. The largest absolute Gasteiger partial charge is 0.461 e. The van der Waals surface area contributed by atoms with Crippen LogP contribution in [0.2, 0.25) is 0 Å². The van der Waals surface area contributed by atoms with E-state index in [0.29, 0.717) is 17.5 Å². The van der Waals surface area contributed by atoms with Gasteiger partial charge in [0.15, 0.2) is 5.76 Å². The third kappa shape index (κ3) is 2.01. The zero-order valence-corrected chi connectivity index (χ0v) is 11.7. The molecule has 5 heteroatoms. The molecule has 21 heavy (non-hydrogen) atoms. The first-order valence-electron chi connectivity index (χ1n) is 7.07. The fraction of sp³-hybridized carbons (Fsp3) is 0.250. The van der Waals surface area contributed by atoms with Gasteiger partial charge in [-0.3, -0.25) is 0 Å². The van der Waals surface area contributed by atoms with Crippen molar-refractivity contribution in [3.05, 3.63) is 41.7 Å². The second-order valence-electron chi connectivity index (χ2n) is 5.22. The van der Waals surface area contributed by atoms with Crippen LogP contribution in [-0.4, -0.2) is 16.7 Å². The van der Waals surface area contributed by atoms with Gasteiger partial charge in [-0.1, -0.05) is 11.2 Å². The molecule has 1 aromatic carbocycles. The summed E-state index contributed by atoms with van der Waals surface area (Å²) in [4.78, 5) is 4.49. The molecule has 2 aromatic heterocycles. The van der Waals surface area contributed by atoms with Gasteiger partial charge in [0, 0.05) is 17.8 Å². The maximum atomic E-state index is 5.45. The molecule has 0 saturated heterocycles. The van der Waals surface area contributed by atoms with Crippen LogP contribution >= 0.6 is 0 Å². The topological polar surface area (TPSA) is 64.1 Å². The van der Waals surface area contributed by atoms with Gasteiger partial charge in [0.25, 0.3) is 5.89 Å². The number of furan rings is 1. The standard InChI is InChI=1S/C16H15N3O2/c1-10-7-9-20-14(10)15-18-16(21-19-15)12-4-2-6-13-11(12)5-3-8-17-13/h2,4,6-7,9,17H,3,5,8H2,1H3. The summed E-state index contributed by atoms with van der Waals surface area (Å²) >= 11 is 0. The summed E-state index contributed by atoms with van der Waals surface area (Å²) < 4.78 is 10.9. The smallest absolute Gasteiger partial charge is 0.258 e. The summed E-state index contributed by atoms with van der Waals surface area (Å²) in [5, 5.41) is 7.45. The first-order valence-corrected chi connectivity index (χ1v) is 7.07. The van der Waals surface area contributed by atoms with Gasteiger partial charge in [0.1, 0.15) is 0 Å². The number of hydrogen-bond donors (Lipinski definition) is 1. The highest BCUT2D eigenvalue weighted by Gasteiger charge is 2.19. The molecule has 0 bridgehead atoms. The number of benzene rings is 1. The average molecular weight is 281 g/mol. The number of anilines is 1. The zero-order valence-electron chi connectivity index (χ0n) is 11.7. The summed E-state index contributed by atoms with van der Waals surface area (Å²) in [6.45, 7) is 2.97. The molecule has 5 nitrogen and oxygen atoms in total. The summed E-state index contributed by atoms with van der Waals surface area (Å²) in [6.07, 6.45) is 3.77. The SMILES string of the molecule is Cc1ccoc1-c1noc(-c2cccc3c2CCCN3)n1. The third-order valence-corrected chi connectivity index (χ3v) is 3.82. The molecule has 0 aliphatic carbocycles. The van der Waals surface area contributed by atoms with Crippen molar-refractivity contribution in [3.63, 3.8) is 0 Å². The molecule has 0 fully saturated rings. The molecule has 3 heterocycles. The summed E-state index contributed by atoms with van der Waals surface area (Å²) in [5.41, 5.74) is 4.41. The zero-order chi connectivity index (χ0) is 14.2. The van der Waals surface area contributed by atoms with Crippen LogP contribution in [0.4, 0.5) is 5.69 Å². The molecule has 1 aliphatic rings. The van der Waals surface area contributed by atoms with E-state index in [1.807, 2.05) is 25.1 Å².